The summed E-state index contributed by atoms with van der Waals surface area (Å²) >= 11 is 0. The molecule has 0 unspecified atom stereocenters. The van der Waals surface area contributed by atoms with E-state index in [2.05, 4.69) is 25.8 Å². The highest BCUT2D eigenvalue weighted by Crippen LogP contribution is 2.67. The Kier molecular flexibility index (Phi) is 3.97. The fourth-order valence-electron chi connectivity index (χ4n) is 5.78. The number of anilines is 2. The van der Waals surface area contributed by atoms with E-state index >= 15 is 0 Å². The number of nitrogens with zero attached hydrogens (tertiary/aromatic N) is 2. The van der Waals surface area contributed by atoms with Crippen molar-refractivity contribution >= 4 is 17.6 Å². The number of hydrogen-bond acceptors (Lipinski definition) is 6. The molecule has 164 valence electrons. The first kappa shape index (κ1) is 18.8. The van der Waals surface area contributed by atoms with Crippen LogP contribution < -0.4 is 15.4 Å². The maximum Gasteiger partial charge on any atom is 0.407 e. The number of alkyl carbamates (subject to hydrolysis) is 1. The second kappa shape index (κ2) is 6.54. The summed E-state index contributed by atoms with van der Waals surface area (Å²) in [5, 5.41) is 13.4. The van der Waals surface area contributed by atoms with Gasteiger partial charge in [0.2, 0.25) is 5.88 Å². The summed E-state index contributed by atoms with van der Waals surface area (Å²) in [4.78, 5) is 16.4. The van der Waals surface area contributed by atoms with E-state index in [0.717, 1.165) is 44.2 Å². The van der Waals surface area contributed by atoms with Crippen LogP contribution in [-0.2, 0) is 4.74 Å². The third-order valence-electron chi connectivity index (χ3n) is 7.05. The van der Waals surface area contributed by atoms with Crippen molar-refractivity contribution in [3.63, 3.8) is 0 Å². The number of ether oxygens (including phenoxy) is 2. The monoisotopic (exact) mass is 431 g/mol. The van der Waals surface area contributed by atoms with E-state index in [0.29, 0.717) is 18.1 Å². The van der Waals surface area contributed by atoms with Crippen molar-refractivity contribution in [3.05, 3.63) is 29.6 Å². The van der Waals surface area contributed by atoms with Gasteiger partial charge in [0.05, 0.1) is 6.61 Å². The molecule has 4 saturated carbocycles. The van der Waals surface area contributed by atoms with Gasteiger partial charge in [0.25, 0.3) is 6.43 Å². The summed E-state index contributed by atoms with van der Waals surface area (Å²) in [6.07, 6.45) is 1.64. The Morgan fingerprint density at radius 3 is 2.81 bits per heavy atom. The van der Waals surface area contributed by atoms with Crippen molar-refractivity contribution < 1.29 is 23.0 Å². The first-order chi connectivity index (χ1) is 14.9. The number of aromatic nitrogens is 3. The molecule has 9 rings (SSSR count). The highest BCUT2D eigenvalue weighted by atomic mass is 19.3. The summed E-state index contributed by atoms with van der Waals surface area (Å²) in [5.41, 5.74) is 0.782. The Bertz CT molecular complexity index is 1020. The van der Waals surface area contributed by atoms with Crippen LogP contribution >= 0.6 is 0 Å². The molecule has 0 radical (unpaired) electrons. The highest BCUT2D eigenvalue weighted by molar-refractivity contribution is 5.69. The van der Waals surface area contributed by atoms with Crippen molar-refractivity contribution in [2.24, 2.45) is 5.41 Å². The minimum Gasteiger partial charge on any atom is -0.477 e. The number of hydrogen-bond donors (Lipinski definition) is 3. The quantitative estimate of drug-likeness (QED) is 0.627. The lowest BCUT2D eigenvalue weighted by Gasteiger charge is -2.69. The predicted octanol–water partition coefficient (Wildman–Crippen LogP) is 4.16. The molecule has 31 heavy (non-hydrogen) atoms. The number of rotatable bonds is 1. The molecule has 10 heteroatoms. The maximum absolute atomic E-state index is 13.4. The summed E-state index contributed by atoms with van der Waals surface area (Å²) in [6.45, 7) is 0.376. The van der Waals surface area contributed by atoms with Crippen LogP contribution in [0.3, 0.4) is 0 Å². The van der Waals surface area contributed by atoms with Gasteiger partial charge in [0, 0.05) is 40.4 Å². The molecule has 4 fully saturated rings. The number of nitrogens with one attached hydrogen (secondary N) is 3. The highest BCUT2D eigenvalue weighted by Gasteiger charge is 2.69. The Morgan fingerprint density at radius 2 is 2.00 bits per heavy atom. The number of alkyl halides is 2. The van der Waals surface area contributed by atoms with Gasteiger partial charge in [-0.3, -0.25) is 5.10 Å². The van der Waals surface area contributed by atoms with Gasteiger partial charge >= 0.3 is 6.09 Å². The second-order valence-corrected chi connectivity index (χ2v) is 9.51. The first-order valence-electron chi connectivity index (χ1n) is 10.6. The molecular weight excluding hydrogens is 408 g/mol. The zero-order chi connectivity index (χ0) is 21.2. The Hall–Kier alpha value is -2.91. The van der Waals surface area contributed by atoms with E-state index in [4.69, 9.17) is 9.47 Å². The second-order valence-electron chi connectivity index (χ2n) is 9.51. The van der Waals surface area contributed by atoms with Gasteiger partial charge < -0.3 is 20.1 Å². The zero-order valence-corrected chi connectivity index (χ0v) is 16.8. The third kappa shape index (κ3) is 3.28. The number of halogens is 2. The van der Waals surface area contributed by atoms with Crippen molar-refractivity contribution in [2.75, 3.05) is 11.9 Å². The molecule has 2 aromatic rings. The number of aromatic amines is 1. The molecule has 3 N–H and O–H groups in total. The molecule has 0 saturated heterocycles. The van der Waals surface area contributed by atoms with Gasteiger partial charge in [-0.2, -0.15) is 5.10 Å². The maximum atomic E-state index is 13.4. The molecule has 2 atom stereocenters. The number of carbonyl (C=O) groups is 1. The summed E-state index contributed by atoms with van der Waals surface area (Å²) in [5.74, 6) is 0.879. The van der Waals surface area contributed by atoms with Crippen LogP contribution in [0, 0.1) is 5.41 Å². The summed E-state index contributed by atoms with van der Waals surface area (Å²) in [7, 11) is 0. The van der Waals surface area contributed by atoms with E-state index in [1.54, 1.807) is 6.07 Å². The number of H-pyrrole nitrogens is 1. The van der Waals surface area contributed by atoms with Crippen LogP contribution in [0.15, 0.2) is 18.2 Å². The lowest BCUT2D eigenvalue weighted by atomic mass is 9.39. The Labute approximate surface area is 177 Å². The van der Waals surface area contributed by atoms with Crippen LogP contribution in [0.5, 0.6) is 5.88 Å². The molecule has 0 aromatic carbocycles. The van der Waals surface area contributed by atoms with Gasteiger partial charge in [0.1, 0.15) is 11.8 Å². The number of amides is 1. The zero-order valence-electron chi connectivity index (χ0n) is 16.8. The van der Waals surface area contributed by atoms with Gasteiger partial charge in [0.15, 0.2) is 5.82 Å². The van der Waals surface area contributed by atoms with Crippen LogP contribution in [0.2, 0.25) is 0 Å². The molecule has 0 spiro atoms. The molecule has 1 amide bonds. The lowest BCUT2D eigenvalue weighted by molar-refractivity contribution is -0.170. The van der Waals surface area contributed by atoms with Crippen LogP contribution in [0.25, 0.3) is 0 Å². The third-order valence-corrected chi connectivity index (χ3v) is 7.05. The normalized spacial score (nSPS) is 33.6. The molecule has 7 aliphatic rings. The number of carbonyl (C=O) groups excluding carboxylic acids is 1. The average Bonchev–Trinajstić information content (AvgIpc) is 3.31. The molecule has 3 aliphatic heterocycles. The van der Waals surface area contributed by atoms with Crippen molar-refractivity contribution in [1.29, 1.82) is 0 Å². The van der Waals surface area contributed by atoms with Crippen LogP contribution in [0.1, 0.15) is 62.3 Å². The summed E-state index contributed by atoms with van der Waals surface area (Å²) in [6, 6.07) is 4.79. The van der Waals surface area contributed by atoms with Gasteiger partial charge in [-0.1, -0.05) is 0 Å². The van der Waals surface area contributed by atoms with E-state index in [-0.39, 0.29) is 40.6 Å². The molecule has 5 heterocycles. The first-order valence-corrected chi connectivity index (χ1v) is 10.6. The standard InChI is InChI=1S/C21H23F2N5O3/c22-18(23)15-4-12-5-17(25-15)30-10-20-7-21(8-20,9-20)26-19(29)31-13-2-1-11(3-13)14-6-16(24-12)28-27-14/h4-6,11,13,18H,1-3,7-10H2,(H,26,29)(H2,24,27,28)/t11-,13+,20?,21?/m0/s1. The number of pyridine rings is 1. The van der Waals surface area contributed by atoms with E-state index in [1.807, 2.05) is 6.07 Å². The predicted molar refractivity (Wildman–Crippen MR) is 106 cm³/mol. The van der Waals surface area contributed by atoms with Crippen molar-refractivity contribution in [2.45, 2.75) is 62.5 Å². The van der Waals surface area contributed by atoms with Gasteiger partial charge in [-0.25, -0.2) is 18.6 Å². The molecule has 4 aliphatic carbocycles. The van der Waals surface area contributed by atoms with Crippen LogP contribution in [0.4, 0.5) is 25.1 Å². The summed E-state index contributed by atoms with van der Waals surface area (Å²) < 4.78 is 38.3. The molecular formula is C21H23F2N5O3. The molecule has 2 aromatic heterocycles. The SMILES string of the molecule is O=C1NC23CC(COc4cc(cc(C(F)F)n4)Nc4cc([nH]n4)[C@H]4CC[C@H](C4)O1)(C2)C3. The van der Waals surface area contributed by atoms with Gasteiger partial charge in [-0.05, 0) is 44.6 Å². The topological polar surface area (TPSA) is 101 Å². The van der Waals surface area contributed by atoms with E-state index < -0.39 is 6.43 Å². The lowest BCUT2D eigenvalue weighted by Crippen LogP contribution is -2.76. The average molecular weight is 431 g/mol. The Morgan fingerprint density at radius 1 is 1.16 bits per heavy atom. The van der Waals surface area contributed by atoms with Crippen molar-refractivity contribution in [3.8, 4) is 5.88 Å². The van der Waals surface area contributed by atoms with E-state index in [1.165, 1.54) is 6.07 Å². The van der Waals surface area contributed by atoms with Gasteiger partial charge in [-0.15, -0.1) is 0 Å². The minimum absolute atomic E-state index is 0.0373. The Balaban J connectivity index is 1.30. The fourth-order valence-corrected chi connectivity index (χ4v) is 5.78. The molecule has 8 nitrogen and oxygen atoms in total. The van der Waals surface area contributed by atoms with Crippen molar-refractivity contribution in [1.82, 2.24) is 20.5 Å². The smallest absolute Gasteiger partial charge is 0.407 e. The fraction of sp³-hybridized carbons (Fsp3) is 0.571. The minimum atomic E-state index is -2.71. The van der Waals surface area contributed by atoms with Crippen LogP contribution in [-0.4, -0.2) is 39.5 Å². The van der Waals surface area contributed by atoms with E-state index in [9.17, 15) is 13.6 Å². The largest absolute Gasteiger partial charge is 0.477 e. The molecule has 8 bridgehead atoms.